The summed E-state index contributed by atoms with van der Waals surface area (Å²) in [6.45, 7) is 4.17. The number of aromatic nitrogens is 3. The van der Waals surface area contributed by atoms with Crippen molar-refractivity contribution in [1.29, 1.82) is 0 Å². The number of ether oxygens (including phenoxy) is 2. The summed E-state index contributed by atoms with van der Waals surface area (Å²) in [6, 6.07) is 3.79. The van der Waals surface area contributed by atoms with Gasteiger partial charge in [-0.05, 0) is 53.7 Å². The highest BCUT2D eigenvalue weighted by atomic mass is 79.9. The molecule has 33 heavy (non-hydrogen) atoms. The molecule has 0 aliphatic carbocycles. The number of nitrogens with zero attached hydrogens (tertiary/aromatic N) is 6. The van der Waals surface area contributed by atoms with Gasteiger partial charge in [0.25, 0.3) is 0 Å². The number of hydrogen-bond donors (Lipinski definition) is 1. The van der Waals surface area contributed by atoms with E-state index in [-0.39, 0.29) is 6.79 Å². The molecule has 176 valence electrons. The molecule has 0 radical (unpaired) electrons. The molecule has 1 aromatic carbocycles. The molecule has 0 unspecified atom stereocenters. The molecule has 0 atom stereocenters. The van der Waals surface area contributed by atoms with Crippen LogP contribution in [0.5, 0.6) is 11.5 Å². The molecule has 2 fully saturated rings. The Kier molecular flexibility index (Phi) is 7.09. The Bertz CT molecular complexity index is 949. The second kappa shape index (κ2) is 10.5. The third-order valence-electron chi connectivity index (χ3n) is 6.25. The Morgan fingerprint density at radius 2 is 1.33 bits per heavy atom. The van der Waals surface area contributed by atoms with E-state index >= 15 is 0 Å². The first-order valence-corrected chi connectivity index (χ1v) is 12.7. The second-order valence-electron chi connectivity index (χ2n) is 8.66. The molecule has 5 rings (SSSR count). The van der Waals surface area contributed by atoms with Gasteiger partial charge < -0.3 is 19.3 Å². The number of nitrogens with one attached hydrogen (secondary N) is 1. The van der Waals surface area contributed by atoms with Gasteiger partial charge in [-0.15, -0.1) is 0 Å². The van der Waals surface area contributed by atoms with Gasteiger partial charge in [0, 0.05) is 36.2 Å². The van der Waals surface area contributed by atoms with Crippen molar-refractivity contribution < 1.29 is 9.47 Å². The maximum absolute atomic E-state index is 5.48. The molecule has 3 aliphatic heterocycles. The fraction of sp³-hybridized carbons (Fsp3) is 0.565. The maximum atomic E-state index is 5.48. The van der Waals surface area contributed by atoms with Crippen molar-refractivity contribution in [3.63, 3.8) is 0 Å². The quantitative estimate of drug-likeness (QED) is 0.457. The first-order chi connectivity index (χ1) is 16.3. The second-order valence-corrected chi connectivity index (χ2v) is 9.51. The van der Waals surface area contributed by atoms with Crippen LogP contribution in [0.2, 0.25) is 0 Å². The van der Waals surface area contributed by atoms with Crippen molar-refractivity contribution in [1.82, 2.24) is 15.0 Å². The van der Waals surface area contributed by atoms with E-state index in [4.69, 9.17) is 24.4 Å². The predicted molar refractivity (Wildman–Crippen MR) is 133 cm³/mol. The van der Waals surface area contributed by atoms with Gasteiger partial charge >= 0.3 is 0 Å². The fourth-order valence-corrected chi connectivity index (χ4v) is 4.84. The van der Waals surface area contributed by atoms with E-state index in [1.165, 1.54) is 51.4 Å². The predicted octanol–water partition coefficient (Wildman–Crippen LogP) is 4.57. The number of rotatable bonds is 5. The number of benzene rings is 1. The highest BCUT2D eigenvalue weighted by molar-refractivity contribution is 9.10. The smallest absolute Gasteiger partial charge is 0.250 e. The van der Waals surface area contributed by atoms with Crippen LogP contribution in [-0.4, -0.2) is 54.1 Å². The van der Waals surface area contributed by atoms with Gasteiger partial charge in [-0.1, -0.05) is 25.7 Å². The Morgan fingerprint density at radius 1 is 0.788 bits per heavy atom. The molecule has 2 aromatic rings. The average molecular weight is 516 g/mol. The highest BCUT2D eigenvalue weighted by Gasteiger charge is 2.20. The van der Waals surface area contributed by atoms with Crippen LogP contribution in [-0.2, 0) is 0 Å². The summed E-state index contributed by atoms with van der Waals surface area (Å²) in [7, 11) is 0. The van der Waals surface area contributed by atoms with E-state index in [0.29, 0.717) is 11.7 Å². The van der Waals surface area contributed by atoms with Crippen LogP contribution in [0.4, 0.5) is 17.8 Å². The molecule has 3 aliphatic rings. The number of hydrazone groups is 1. The standard InChI is InChI=1S/C23H30BrN7O2/c24-18-14-20-19(32-16-33-20)13-17(18)15-25-29-21-26-22(30-9-5-1-2-6-10-30)28-23(27-21)31-11-7-3-4-8-12-31/h13-15H,1-12,16H2,(H,26,27,28,29). The Morgan fingerprint density at radius 3 is 1.91 bits per heavy atom. The minimum absolute atomic E-state index is 0.240. The topological polar surface area (TPSA) is 88.0 Å². The van der Waals surface area contributed by atoms with Crippen molar-refractivity contribution in [2.75, 3.05) is 48.2 Å². The first-order valence-electron chi connectivity index (χ1n) is 11.9. The summed E-state index contributed by atoms with van der Waals surface area (Å²) in [6.07, 6.45) is 11.5. The molecule has 10 heteroatoms. The zero-order valence-electron chi connectivity index (χ0n) is 18.8. The van der Waals surface area contributed by atoms with Gasteiger partial charge in [0.1, 0.15) is 0 Å². The molecule has 4 heterocycles. The zero-order chi connectivity index (χ0) is 22.5. The molecule has 1 N–H and O–H groups in total. The Balaban J connectivity index is 1.38. The van der Waals surface area contributed by atoms with Crippen molar-refractivity contribution in [2.45, 2.75) is 51.4 Å². The third-order valence-corrected chi connectivity index (χ3v) is 6.94. The van der Waals surface area contributed by atoms with Gasteiger partial charge in [-0.3, -0.25) is 0 Å². The lowest BCUT2D eigenvalue weighted by molar-refractivity contribution is 0.174. The van der Waals surface area contributed by atoms with Crippen LogP contribution in [0, 0.1) is 0 Å². The largest absolute Gasteiger partial charge is 0.454 e. The SMILES string of the molecule is Brc1cc2c(cc1C=NNc1nc(N3CCCCCC3)nc(N3CCCCCC3)n1)OCO2. The van der Waals surface area contributed by atoms with Gasteiger partial charge in [0.15, 0.2) is 11.5 Å². The van der Waals surface area contributed by atoms with Gasteiger partial charge in [0.2, 0.25) is 24.6 Å². The summed E-state index contributed by atoms with van der Waals surface area (Å²) in [5, 5.41) is 4.42. The summed E-state index contributed by atoms with van der Waals surface area (Å²) >= 11 is 3.57. The Hall–Kier alpha value is -2.62. The van der Waals surface area contributed by atoms with Crippen molar-refractivity contribution in [2.24, 2.45) is 5.10 Å². The molecule has 0 saturated carbocycles. The number of hydrogen-bond acceptors (Lipinski definition) is 9. The number of anilines is 3. The molecule has 0 amide bonds. The van der Waals surface area contributed by atoms with E-state index in [9.17, 15) is 0 Å². The lowest BCUT2D eigenvalue weighted by Gasteiger charge is -2.24. The lowest BCUT2D eigenvalue weighted by atomic mass is 10.2. The monoisotopic (exact) mass is 515 g/mol. The Labute approximate surface area is 202 Å². The van der Waals surface area contributed by atoms with E-state index < -0.39 is 0 Å². The maximum Gasteiger partial charge on any atom is 0.250 e. The van der Waals surface area contributed by atoms with E-state index in [2.05, 4.69) is 36.3 Å². The zero-order valence-corrected chi connectivity index (χ0v) is 20.4. The summed E-state index contributed by atoms with van der Waals surface area (Å²) in [4.78, 5) is 18.9. The van der Waals surface area contributed by atoms with Gasteiger partial charge in [0.05, 0.1) is 6.21 Å². The normalized spacial score (nSPS) is 18.9. The molecular formula is C23H30BrN7O2. The number of fused-ring (bicyclic) bond motifs is 1. The molecule has 9 nitrogen and oxygen atoms in total. The molecule has 2 saturated heterocycles. The first kappa shape index (κ1) is 22.2. The van der Waals surface area contributed by atoms with Crippen molar-refractivity contribution in [3.8, 4) is 11.5 Å². The molecule has 0 bridgehead atoms. The van der Waals surface area contributed by atoms with Crippen molar-refractivity contribution >= 4 is 40.0 Å². The third kappa shape index (κ3) is 5.48. The van der Waals surface area contributed by atoms with Crippen LogP contribution in [0.3, 0.4) is 0 Å². The summed E-state index contributed by atoms with van der Waals surface area (Å²) in [5.74, 6) is 3.40. The van der Waals surface area contributed by atoms with Crippen LogP contribution >= 0.6 is 15.9 Å². The van der Waals surface area contributed by atoms with Crippen LogP contribution in [0.1, 0.15) is 56.9 Å². The van der Waals surface area contributed by atoms with Crippen LogP contribution in [0.25, 0.3) is 0 Å². The average Bonchev–Trinajstić information content (AvgIpc) is 3.03. The van der Waals surface area contributed by atoms with Gasteiger partial charge in [-0.2, -0.15) is 20.1 Å². The minimum Gasteiger partial charge on any atom is -0.454 e. The highest BCUT2D eigenvalue weighted by Crippen LogP contribution is 2.36. The fourth-order valence-electron chi connectivity index (χ4n) is 4.42. The van der Waals surface area contributed by atoms with Gasteiger partial charge in [-0.25, -0.2) is 5.43 Å². The van der Waals surface area contributed by atoms with Crippen molar-refractivity contribution in [3.05, 3.63) is 22.2 Å². The lowest BCUT2D eigenvalue weighted by Crippen LogP contribution is -2.30. The molecular weight excluding hydrogens is 486 g/mol. The summed E-state index contributed by atoms with van der Waals surface area (Å²) in [5.41, 5.74) is 3.92. The summed E-state index contributed by atoms with van der Waals surface area (Å²) < 4.78 is 11.8. The van der Waals surface area contributed by atoms with Crippen LogP contribution in [0.15, 0.2) is 21.7 Å². The van der Waals surface area contributed by atoms with E-state index in [0.717, 1.165) is 53.9 Å². The van der Waals surface area contributed by atoms with Crippen LogP contribution < -0.4 is 24.7 Å². The molecule has 1 aromatic heterocycles. The van der Waals surface area contributed by atoms with E-state index in [1.54, 1.807) is 6.21 Å². The number of halogens is 1. The molecule has 0 spiro atoms. The van der Waals surface area contributed by atoms with E-state index in [1.807, 2.05) is 12.1 Å². The minimum atomic E-state index is 0.240.